The largest absolute Gasteiger partial charge is 0.347 e. The van der Waals surface area contributed by atoms with Gasteiger partial charge in [0.2, 0.25) is 11.8 Å². The smallest absolute Gasteiger partial charge is 0.263 e. The highest BCUT2D eigenvalue weighted by molar-refractivity contribution is 7.90. The van der Waals surface area contributed by atoms with Crippen molar-refractivity contribution in [2.45, 2.75) is 17.9 Å². The van der Waals surface area contributed by atoms with E-state index in [1.165, 1.54) is 17.9 Å². The third kappa shape index (κ3) is 3.67. The Balaban J connectivity index is 2.13. The number of fused-ring (bicyclic) bond motifs is 1. The Labute approximate surface area is 134 Å². The average Bonchev–Trinajstić information content (AvgIpc) is 2.75. The molecule has 1 aliphatic heterocycles. The van der Waals surface area contributed by atoms with Crippen molar-refractivity contribution >= 4 is 27.7 Å². The molecule has 8 nitrogen and oxygen atoms in total. The van der Waals surface area contributed by atoms with E-state index in [1.807, 2.05) is 0 Å². The van der Waals surface area contributed by atoms with Gasteiger partial charge >= 0.3 is 0 Å². The van der Waals surface area contributed by atoms with Crippen molar-refractivity contribution in [1.82, 2.24) is 14.9 Å². The van der Waals surface area contributed by atoms with E-state index in [2.05, 4.69) is 15.0 Å². The minimum absolute atomic E-state index is 0.127. The van der Waals surface area contributed by atoms with Crippen LogP contribution in [0, 0.1) is 0 Å². The number of nitrogens with one attached hydrogen (secondary N) is 2. The topological polar surface area (TPSA) is 108 Å². The second-order valence-electron chi connectivity index (χ2n) is 5.26. The predicted molar refractivity (Wildman–Crippen MR) is 84.5 cm³/mol. The van der Waals surface area contributed by atoms with Crippen molar-refractivity contribution in [3.63, 3.8) is 0 Å². The maximum atomic E-state index is 12.0. The molecule has 0 aliphatic carbocycles. The van der Waals surface area contributed by atoms with Gasteiger partial charge < -0.3 is 10.2 Å². The molecule has 1 atom stereocenters. The van der Waals surface area contributed by atoms with Crippen LogP contribution in [0.25, 0.3) is 0 Å². The molecule has 0 radical (unpaired) electrons. The summed E-state index contributed by atoms with van der Waals surface area (Å²) in [5, 5.41) is 2.47. The monoisotopic (exact) mass is 338 g/mol. The number of amidine groups is 1. The molecule has 1 aliphatic rings. The molecule has 9 heteroatoms. The molecule has 23 heavy (non-hydrogen) atoms. The molecule has 0 bridgehead atoms. The number of amides is 2. The molecular weight excluding hydrogens is 320 g/mol. The summed E-state index contributed by atoms with van der Waals surface area (Å²) in [7, 11) is -0.465. The number of nitrogens with zero attached hydrogens (tertiary/aromatic N) is 2. The lowest BCUT2D eigenvalue weighted by atomic mass is 10.2. The third-order valence-corrected chi connectivity index (χ3v) is 4.67. The minimum Gasteiger partial charge on any atom is -0.347 e. The van der Waals surface area contributed by atoms with Crippen molar-refractivity contribution < 1.29 is 18.0 Å². The van der Waals surface area contributed by atoms with Crippen LogP contribution in [-0.4, -0.2) is 57.6 Å². The maximum Gasteiger partial charge on any atom is 0.263 e. The number of hydrogen-bond donors (Lipinski definition) is 2. The van der Waals surface area contributed by atoms with Gasteiger partial charge in [0.05, 0.1) is 11.4 Å². The van der Waals surface area contributed by atoms with Crippen LogP contribution >= 0.6 is 0 Å². The Kier molecular flexibility index (Phi) is 4.69. The van der Waals surface area contributed by atoms with Gasteiger partial charge in [0.15, 0.2) is 0 Å². The lowest BCUT2D eigenvalue weighted by Gasteiger charge is -2.12. The van der Waals surface area contributed by atoms with Crippen LogP contribution in [0.1, 0.15) is 12.5 Å². The predicted octanol–water partition coefficient (Wildman–Crippen LogP) is -0.682. The van der Waals surface area contributed by atoms with Crippen LogP contribution in [0.5, 0.6) is 0 Å². The zero-order chi connectivity index (χ0) is 17.2. The van der Waals surface area contributed by atoms with Crippen molar-refractivity contribution in [3.05, 3.63) is 29.8 Å². The van der Waals surface area contributed by atoms with Gasteiger partial charge in [-0.05, 0) is 19.1 Å². The lowest BCUT2D eigenvalue weighted by molar-refractivity contribution is -0.131. The van der Waals surface area contributed by atoms with Gasteiger partial charge in [0.25, 0.3) is 10.0 Å². The zero-order valence-corrected chi connectivity index (χ0v) is 13.8. The number of aliphatic imine (C=N–C) groups is 1. The number of sulfonamides is 1. The Hall–Kier alpha value is -2.42. The minimum atomic E-state index is -3.64. The van der Waals surface area contributed by atoms with Crippen LogP contribution in [0.4, 0.5) is 0 Å². The summed E-state index contributed by atoms with van der Waals surface area (Å²) in [6, 6.07) is 5.56. The summed E-state index contributed by atoms with van der Waals surface area (Å²) in [4.78, 5) is 29.0. The first-order valence-corrected chi connectivity index (χ1v) is 8.38. The van der Waals surface area contributed by atoms with Crippen LogP contribution in [0.3, 0.4) is 0 Å². The van der Waals surface area contributed by atoms with Crippen molar-refractivity contribution in [2.24, 2.45) is 4.99 Å². The van der Waals surface area contributed by atoms with Crippen molar-refractivity contribution in [1.29, 1.82) is 0 Å². The highest BCUT2D eigenvalue weighted by Crippen LogP contribution is 2.22. The van der Waals surface area contributed by atoms with Crippen molar-refractivity contribution in [2.75, 3.05) is 20.6 Å². The van der Waals surface area contributed by atoms with Gasteiger partial charge in [-0.15, -0.1) is 0 Å². The van der Waals surface area contributed by atoms with Crippen LogP contribution < -0.4 is 10.0 Å². The first-order valence-electron chi connectivity index (χ1n) is 6.90. The molecule has 124 valence electrons. The van der Waals surface area contributed by atoms with E-state index in [-0.39, 0.29) is 23.2 Å². The number of likely N-dealkylation sites (N-methyl/N-ethyl adjacent to an activating group) is 1. The average molecular weight is 338 g/mol. The van der Waals surface area contributed by atoms with Gasteiger partial charge in [-0.1, -0.05) is 12.1 Å². The Morgan fingerprint density at radius 1 is 1.30 bits per heavy atom. The fraction of sp³-hybridized carbons (Fsp3) is 0.357. The molecule has 0 saturated heterocycles. The summed E-state index contributed by atoms with van der Waals surface area (Å²) < 4.78 is 26.3. The standard InChI is InChI=1S/C14H18N4O4S/c1-9(14(20)15-8-12(19)18(2)3)16-13-10-6-4-5-7-11(10)23(21,22)17-13/h4-7,9H,8H2,1-3H3,(H,15,20)(H,16,17)/t9-/m0/s1. The summed E-state index contributed by atoms with van der Waals surface area (Å²) in [6.45, 7) is 1.39. The number of carbonyl (C=O) groups excluding carboxylic acids is 2. The molecule has 0 saturated carbocycles. The Morgan fingerprint density at radius 2 is 1.96 bits per heavy atom. The number of rotatable bonds is 4. The molecule has 0 fully saturated rings. The van der Waals surface area contributed by atoms with E-state index in [9.17, 15) is 18.0 Å². The van der Waals surface area contributed by atoms with E-state index in [0.717, 1.165) is 0 Å². The molecule has 1 aromatic carbocycles. The molecule has 1 aromatic rings. The highest BCUT2D eigenvalue weighted by Gasteiger charge is 2.31. The fourth-order valence-corrected chi connectivity index (χ4v) is 3.19. The summed E-state index contributed by atoms with van der Waals surface area (Å²) in [5.41, 5.74) is 0.427. The van der Waals surface area contributed by atoms with Gasteiger partial charge in [0.1, 0.15) is 11.9 Å². The van der Waals surface area contributed by atoms with Crippen molar-refractivity contribution in [3.8, 4) is 0 Å². The molecule has 0 spiro atoms. The Morgan fingerprint density at radius 3 is 2.61 bits per heavy atom. The number of hydrogen-bond acceptors (Lipinski definition) is 5. The molecule has 0 unspecified atom stereocenters. The summed E-state index contributed by atoms with van der Waals surface area (Å²) >= 11 is 0. The first kappa shape index (κ1) is 16.9. The van der Waals surface area contributed by atoms with Crippen LogP contribution in [0.2, 0.25) is 0 Å². The fourth-order valence-electron chi connectivity index (χ4n) is 1.95. The summed E-state index contributed by atoms with van der Waals surface area (Å²) in [5.74, 6) is -0.580. The zero-order valence-electron chi connectivity index (χ0n) is 13.0. The van der Waals surface area contributed by atoms with Crippen LogP contribution in [-0.2, 0) is 19.6 Å². The Bertz CT molecular complexity index is 771. The maximum absolute atomic E-state index is 12.0. The lowest BCUT2D eigenvalue weighted by Crippen LogP contribution is -2.40. The number of carbonyl (C=O) groups is 2. The SMILES string of the molecule is C[C@H](N=C1NS(=O)(=O)c2ccccc21)C(=O)NCC(=O)N(C)C. The first-order chi connectivity index (χ1) is 10.7. The van der Waals surface area contributed by atoms with E-state index < -0.39 is 22.0 Å². The second kappa shape index (κ2) is 6.37. The van der Waals surface area contributed by atoms with E-state index in [0.29, 0.717) is 5.56 Å². The normalized spacial score (nSPS) is 18.0. The molecular formula is C14H18N4O4S. The highest BCUT2D eigenvalue weighted by atomic mass is 32.2. The van der Waals surface area contributed by atoms with E-state index in [4.69, 9.17) is 0 Å². The quantitative estimate of drug-likeness (QED) is 0.758. The van der Waals surface area contributed by atoms with Gasteiger partial charge in [0, 0.05) is 19.7 Å². The second-order valence-corrected chi connectivity index (χ2v) is 6.91. The third-order valence-electron chi connectivity index (χ3n) is 3.28. The van der Waals surface area contributed by atoms with Gasteiger partial charge in [-0.25, -0.2) is 8.42 Å². The summed E-state index contributed by atoms with van der Waals surface area (Å²) in [6.07, 6.45) is 0. The molecule has 1 heterocycles. The molecule has 2 amide bonds. The van der Waals surface area contributed by atoms with Crippen LogP contribution in [0.15, 0.2) is 34.2 Å². The number of benzene rings is 1. The molecule has 2 N–H and O–H groups in total. The van der Waals surface area contributed by atoms with E-state index >= 15 is 0 Å². The molecule has 2 rings (SSSR count). The van der Waals surface area contributed by atoms with E-state index in [1.54, 1.807) is 32.3 Å². The molecule has 0 aromatic heterocycles. The van der Waals surface area contributed by atoms with Gasteiger partial charge in [-0.3, -0.25) is 19.3 Å². The van der Waals surface area contributed by atoms with Gasteiger partial charge in [-0.2, -0.15) is 0 Å².